The Kier molecular flexibility index (Phi) is 21.2. The first-order valence-corrected chi connectivity index (χ1v) is 52.4. The molecule has 0 N–H and O–H groups in total. The normalized spacial score (nSPS) is 11.7. The van der Waals surface area contributed by atoms with Crippen molar-refractivity contribution in [1.29, 1.82) is 0 Å². The van der Waals surface area contributed by atoms with E-state index in [0.29, 0.717) is 0 Å². The molecule has 146 heavy (non-hydrogen) atoms. The molecule has 682 valence electrons. The van der Waals surface area contributed by atoms with Crippen LogP contribution in [0, 0.1) is 0 Å². The highest BCUT2D eigenvalue weighted by Gasteiger charge is 2.24. The van der Waals surface area contributed by atoms with Crippen LogP contribution >= 0.6 is 34.0 Å². The molecule has 6 aromatic heterocycles. The molecule has 0 bridgehead atoms. The van der Waals surface area contributed by atoms with Crippen LogP contribution in [-0.4, -0.2) is 13.7 Å². The highest BCUT2D eigenvalue weighted by molar-refractivity contribution is 7.26. The first-order chi connectivity index (χ1) is 72.4. The zero-order chi connectivity index (χ0) is 96.2. The number of fused-ring (bicyclic) bond motifs is 20. The molecule has 0 radical (unpaired) electrons. The number of aromatic nitrogens is 3. The van der Waals surface area contributed by atoms with Crippen molar-refractivity contribution in [2.24, 2.45) is 0 Å². The third-order valence-corrected chi connectivity index (χ3v) is 33.1. The Morgan fingerprint density at radius 3 is 0.788 bits per heavy atom. The van der Waals surface area contributed by atoms with Gasteiger partial charge in [0, 0.05) is 110 Å². The summed E-state index contributed by atoms with van der Waals surface area (Å²) in [6.45, 7) is 0. The molecular weight excluding hydrogens is 1820 g/mol. The van der Waals surface area contributed by atoms with Crippen molar-refractivity contribution >= 4 is 181 Å². The summed E-state index contributed by atoms with van der Waals surface area (Å²) in [6, 6.07) is 198. The molecule has 30 rings (SSSR count). The van der Waals surface area contributed by atoms with Gasteiger partial charge in [-0.25, -0.2) is 0 Å². The molecule has 3 nitrogen and oxygen atoms in total. The number of hydrogen-bond acceptors (Lipinski definition) is 3. The maximum atomic E-state index is 2.45. The molecule has 0 saturated heterocycles. The van der Waals surface area contributed by atoms with Gasteiger partial charge in [-0.2, -0.15) is 0 Å². The van der Waals surface area contributed by atoms with Gasteiger partial charge >= 0.3 is 0 Å². The molecule has 0 aliphatic heterocycles. The fourth-order valence-corrected chi connectivity index (χ4v) is 25.9. The number of rotatable bonds is 13. The van der Waals surface area contributed by atoms with Gasteiger partial charge in [0.2, 0.25) is 0 Å². The van der Waals surface area contributed by atoms with Crippen molar-refractivity contribution in [3.63, 3.8) is 0 Å². The van der Waals surface area contributed by atoms with Crippen LogP contribution in [0.25, 0.3) is 276 Å². The first kappa shape index (κ1) is 85.8. The van der Waals surface area contributed by atoms with E-state index >= 15 is 0 Å². The number of thiophene rings is 3. The van der Waals surface area contributed by atoms with E-state index in [9.17, 15) is 0 Å². The third-order valence-electron chi connectivity index (χ3n) is 29.6. The fourth-order valence-electron chi connectivity index (χ4n) is 22.6. The summed E-state index contributed by atoms with van der Waals surface area (Å²) in [7, 11) is 0. The van der Waals surface area contributed by atoms with Crippen LogP contribution in [0.1, 0.15) is 0 Å². The summed E-state index contributed by atoms with van der Waals surface area (Å²) in [4.78, 5) is 0. The van der Waals surface area contributed by atoms with Gasteiger partial charge < -0.3 is 13.7 Å². The van der Waals surface area contributed by atoms with E-state index in [1.54, 1.807) is 0 Å². The maximum absolute atomic E-state index is 2.45. The van der Waals surface area contributed by atoms with Crippen LogP contribution in [0.2, 0.25) is 0 Å². The monoisotopic (exact) mass is 1910 g/mol. The molecule has 0 atom stereocenters. The Labute approximate surface area is 856 Å². The van der Waals surface area contributed by atoms with Crippen molar-refractivity contribution in [3.8, 4) is 128 Å². The van der Waals surface area contributed by atoms with Gasteiger partial charge in [-0.3, -0.25) is 0 Å². The largest absolute Gasteiger partial charge is 0.309 e. The summed E-state index contributed by atoms with van der Waals surface area (Å²) >= 11 is 5.59. The van der Waals surface area contributed by atoms with Crippen LogP contribution in [0.5, 0.6) is 0 Å². The highest BCUT2D eigenvalue weighted by Crippen LogP contribution is 2.48. The maximum Gasteiger partial charge on any atom is 0.0541 e. The van der Waals surface area contributed by atoms with Crippen LogP contribution < -0.4 is 0 Å². The SMILES string of the molecule is c1cc(-c2ccc3sc4ccccc4c3c2)cc(-c2ccccc2-n2c3ccccc3c3cc(-c4ccc5ccccc5c4)ccc32)c1.c1cc(-c2ccc3sc4ccccc4c3c2)cc(-c2ccccc2-n2c3ccccc3c3cc(-c4cccc5ccccc45)ccc32)c1.c1ccc(-c2ccc(-c3ccc4c(c3)c3ccccc3n4-c3ccccc3-c3cccc(-c4ccc5sc6ccccc6c5c4)c3)cc2)cc1. The Hall–Kier alpha value is -18.1. The number of nitrogens with zero attached hydrogens (tertiary/aromatic N) is 3. The smallest absolute Gasteiger partial charge is 0.0541 e. The number of benzene rings is 24. The Bertz CT molecular complexity index is 10400. The van der Waals surface area contributed by atoms with Gasteiger partial charge in [-0.15, -0.1) is 34.0 Å². The lowest BCUT2D eigenvalue weighted by molar-refractivity contribution is 1.18. The van der Waals surface area contributed by atoms with Gasteiger partial charge in [-0.05, 0) is 268 Å². The van der Waals surface area contributed by atoms with E-state index in [4.69, 9.17) is 0 Å². The van der Waals surface area contributed by atoms with Crippen molar-refractivity contribution < 1.29 is 0 Å². The number of para-hydroxylation sites is 6. The molecule has 0 aliphatic carbocycles. The molecule has 0 unspecified atom stereocenters. The molecule has 30 aromatic rings. The standard InChI is InChI=1S/C48H31NS.2C46H29NS/c1-2-11-32(12-3-1)33-21-23-34(24-22-33)36-25-27-46-42(30-36)40-16-5-8-19-45(40)49(46)44-18-7-4-15-39(44)38-14-10-13-35(29-38)37-26-28-48-43(31-37)41-17-6-9-20-47(41)50-48;1-2-15-35-30(11-1)12-10-19-36(35)34-23-25-44-40(29-34)38-17-4-7-21-43(38)47(44)42-20-6-3-16-37(42)33-14-9-13-31(27-33)32-24-26-46-41(28-32)39-18-5-8-22-45(39)48-46;1-2-11-31-26-33(21-20-30(31)10-1)34-22-24-44-40(28-34)38-15-4-7-18-43(38)47(44)42-17-6-3-14-37(42)36-13-9-12-32(27-36)35-23-25-46-41(29-35)39-16-5-8-19-45(39)48-46/h1-31H;2*1-29H. The second-order valence-electron chi connectivity index (χ2n) is 38.0. The minimum absolute atomic E-state index is 1.18. The van der Waals surface area contributed by atoms with Gasteiger partial charge in [0.15, 0.2) is 0 Å². The Morgan fingerprint density at radius 2 is 0.349 bits per heavy atom. The summed E-state index contributed by atoms with van der Waals surface area (Å²) in [6.07, 6.45) is 0. The summed E-state index contributed by atoms with van der Waals surface area (Å²) in [5, 5.41) is 20.6. The molecular formula is C140H89N3S3. The molecule has 6 heteroatoms. The molecule has 24 aromatic carbocycles. The molecule has 0 amide bonds. The Morgan fingerprint density at radius 1 is 0.110 bits per heavy atom. The third kappa shape index (κ3) is 15.2. The van der Waals surface area contributed by atoms with Crippen LogP contribution in [-0.2, 0) is 0 Å². The lowest BCUT2D eigenvalue weighted by atomic mass is 9.96. The van der Waals surface area contributed by atoms with E-state index < -0.39 is 0 Å². The average molecular weight is 1910 g/mol. The van der Waals surface area contributed by atoms with Gasteiger partial charge in [0.25, 0.3) is 0 Å². The van der Waals surface area contributed by atoms with Crippen molar-refractivity contribution in [2.45, 2.75) is 0 Å². The fraction of sp³-hybridized carbons (Fsp3) is 0. The zero-order valence-electron chi connectivity index (χ0n) is 79.5. The van der Waals surface area contributed by atoms with E-state index in [-0.39, 0.29) is 0 Å². The van der Waals surface area contributed by atoms with Crippen LogP contribution in [0.4, 0.5) is 0 Å². The molecule has 0 fully saturated rings. The molecule has 6 heterocycles. The predicted molar refractivity (Wildman–Crippen MR) is 630 cm³/mol. The van der Waals surface area contributed by atoms with E-state index in [1.807, 2.05) is 34.0 Å². The van der Waals surface area contributed by atoms with E-state index in [1.165, 1.54) is 276 Å². The van der Waals surface area contributed by atoms with E-state index in [2.05, 4.69) is 554 Å². The summed E-state index contributed by atoms with van der Waals surface area (Å²) < 4.78 is 15.3. The lowest BCUT2D eigenvalue weighted by Crippen LogP contribution is -1.97. The van der Waals surface area contributed by atoms with Crippen molar-refractivity contribution in [3.05, 3.63) is 540 Å². The minimum atomic E-state index is 1.18. The second-order valence-corrected chi connectivity index (χ2v) is 41.3. The lowest BCUT2D eigenvalue weighted by Gasteiger charge is -2.15. The summed E-state index contributed by atoms with van der Waals surface area (Å²) in [5.74, 6) is 0. The highest BCUT2D eigenvalue weighted by atomic mass is 32.1. The van der Waals surface area contributed by atoms with Crippen molar-refractivity contribution in [1.82, 2.24) is 13.7 Å². The minimum Gasteiger partial charge on any atom is -0.309 e. The second kappa shape index (κ2) is 36.1. The zero-order valence-corrected chi connectivity index (χ0v) is 81.9. The molecule has 0 spiro atoms. The number of hydrogen-bond donors (Lipinski definition) is 0. The average Bonchev–Trinajstić information content (AvgIpc) is 1.60. The molecule has 0 saturated carbocycles. The van der Waals surface area contributed by atoms with E-state index in [0.717, 1.165) is 0 Å². The first-order valence-electron chi connectivity index (χ1n) is 49.9. The van der Waals surface area contributed by atoms with Gasteiger partial charge in [-0.1, -0.05) is 388 Å². The van der Waals surface area contributed by atoms with Crippen molar-refractivity contribution in [2.75, 3.05) is 0 Å². The quantitative estimate of drug-likeness (QED) is 0.109. The Balaban J connectivity index is 0.000000106. The van der Waals surface area contributed by atoms with Gasteiger partial charge in [0.05, 0.1) is 50.2 Å². The molecule has 0 aliphatic rings. The topological polar surface area (TPSA) is 14.8 Å². The summed E-state index contributed by atoms with van der Waals surface area (Å²) in [5.41, 5.74) is 35.3. The van der Waals surface area contributed by atoms with Crippen LogP contribution in [0.15, 0.2) is 540 Å². The van der Waals surface area contributed by atoms with Gasteiger partial charge in [0.1, 0.15) is 0 Å². The van der Waals surface area contributed by atoms with Crippen LogP contribution in [0.3, 0.4) is 0 Å². The predicted octanol–water partition coefficient (Wildman–Crippen LogP) is 40.4.